The van der Waals surface area contributed by atoms with Gasteiger partial charge in [-0.05, 0) is 25.3 Å². The van der Waals surface area contributed by atoms with Gasteiger partial charge in [-0.15, -0.1) is 0 Å². The molecular weight excluding hydrogens is 268 g/mol. The topological polar surface area (TPSA) is 59.5 Å². The Labute approximate surface area is 125 Å². The van der Waals surface area contributed by atoms with Gasteiger partial charge in [-0.3, -0.25) is 4.90 Å². The van der Waals surface area contributed by atoms with Gasteiger partial charge in [0.1, 0.15) is 0 Å². The van der Waals surface area contributed by atoms with Gasteiger partial charge in [0.15, 0.2) is 0 Å². The number of hydrogen-bond donors (Lipinski definition) is 1. The highest BCUT2D eigenvalue weighted by atomic mass is 16.5. The highest BCUT2D eigenvalue weighted by molar-refractivity contribution is 5.24. The van der Waals surface area contributed by atoms with Gasteiger partial charge in [-0.25, -0.2) is 9.97 Å². The minimum Gasteiger partial charge on any atom is -0.381 e. The molecule has 0 aliphatic carbocycles. The van der Waals surface area contributed by atoms with Gasteiger partial charge in [0.25, 0.3) is 0 Å². The number of nitrogens with zero attached hydrogens (tertiary/aromatic N) is 3. The first-order valence-corrected chi connectivity index (χ1v) is 7.85. The number of aromatic nitrogens is 2. The van der Waals surface area contributed by atoms with Gasteiger partial charge >= 0.3 is 0 Å². The molecule has 3 heterocycles. The molecule has 0 aromatic carbocycles. The molecule has 1 N–H and O–H groups in total. The third kappa shape index (κ3) is 4.62. The first-order chi connectivity index (χ1) is 10.4. The van der Waals surface area contributed by atoms with Crippen molar-refractivity contribution in [1.82, 2.24) is 14.9 Å². The second-order valence-electron chi connectivity index (χ2n) is 5.69. The summed E-state index contributed by atoms with van der Waals surface area (Å²) < 4.78 is 11.3. The lowest BCUT2D eigenvalue weighted by molar-refractivity contribution is -0.0358. The quantitative estimate of drug-likeness (QED) is 0.849. The zero-order valence-electron chi connectivity index (χ0n) is 12.4. The van der Waals surface area contributed by atoms with Gasteiger partial charge in [0.05, 0.1) is 12.7 Å². The smallest absolute Gasteiger partial charge is 0.222 e. The van der Waals surface area contributed by atoms with Gasteiger partial charge < -0.3 is 14.8 Å². The number of hydrogen-bond acceptors (Lipinski definition) is 6. The summed E-state index contributed by atoms with van der Waals surface area (Å²) in [5, 5.41) is 3.39. The van der Waals surface area contributed by atoms with E-state index in [9.17, 15) is 0 Å². The predicted molar refractivity (Wildman–Crippen MR) is 80.3 cm³/mol. The molecule has 1 aromatic rings. The van der Waals surface area contributed by atoms with Crippen molar-refractivity contribution < 1.29 is 9.47 Å². The third-order valence-electron chi connectivity index (χ3n) is 4.10. The summed E-state index contributed by atoms with van der Waals surface area (Å²) in [6.07, 6.45) is 7.14. The lowest BCUT2D eigenvalue weighted by Gasteiger charge is -2.24. The van der Waals surface area contributed by atoms with Crippen LogP contribution in [0.15, 0.2) is 18.5 Å². The molecule has 2 saturated heterocycles. The van der Waals surface area contributed by atoms with E-state index in [2.05, 4.69) is 20.2 Å². The molecule has 0 amide bonds. The van der Waals surface area contributed by atoms with Crippen molar-refractivity contribution in [2.24, 2.45) is 0 Å². The van der Waals surface area contributed by atoms with Gasteiger partial charge in [-0.1, -0.05) is 0 Å². The van der Waals surface area contributed by atoms with Crippen LogP contribution in [0.4, 0.5) is 5.95 Å². The zero-order valence-corrected chi connectivity index (χ0v) is 12.4. The lowest BCUT2D eigenvalue weighted by atomic mass is 10.2. The average Bonchev–Trinajstić information content (AvgIpc) is 2.97. The van der Waals surface area contributed by atoms with E-state index >= 15 is 0 Å². The monoisotopic (exact) mass is 292 g/mol. The van der Waals surface area contributed by atoms with E-state index in [-0.39, 0.29) is 0 Å². The summed E-state index contributed by atoms with van der Waals surface area (Å²) in [4.78, 5) is 10.9. The number of likely N-dealkylation sites (tertiary alicyclic amines) is 1. The van der Waals surface area contributed by atoms with Crippen molar-refractivity contribution in [3.8, 4) is 0 Å². The summed E-state index contributed by atoms with van der Waals surface area (Å²) in [6.45, 7) is 5.66. The molecule has 0 bridgehead atoms. The van der Waals surface area contributed by atoms with E-state index in [1.54, 1.807) is 12.4 Å². The molecule has 2 aliphatic rings. The second-order valence-corrected chi connectivity index (χ2v) is 5.69. The van der Waals surface area contributed by atoms with E-state index in [0.717, 1.165) is 64.7 Å². The molecule has 3 rings (SSSR count). The van der Waals surface area contributed by atoms with E-state index in [0.29, 0.717) is 12.1 Å². The molecule has 1 atom stereocenters. The van der Waals surface area contributed by atoms with Crippen LogP contribution in [0.3, 0.4) is 0 Å². The lowest BCUT2D eigenvalue weighted by Crippen LogP contribution is -2.31. The molecule has 1 aromatic heterocycles. The standard InChI is InChI=1S/C15H24N4O2/c1-5-16-15(17-6-1)18-13-2-7-19(12-13)8-11-21-14-3-9-20-10-4-14/h1,5-6,13-14H,2-4,7-12H2,(H,16,17,18). The maximum absolute atomic E-state index is 5.93. The van der Waals surface area contributed by atoms with Gasteiger partial charge in [-0.2, -0.15) is 0 Å². The van der Waals surface area contributed by atoms with Crippen LogP contribution in [0, 0.1) is 0 Å². The van der Waals surface area contributed by atoms with Crippen LogP contribution in [0.2, 0.25) is 0 Å². The largest absolute Gasteiger partial charge is 0.381 e. The van der Waals surface area contributed by atoms with Crippen LogP contribution < -0.4 is 5.32 Å². The molecule has 0 radical (unpaired) electrons. The first-order valence-electron chi connectivity index (χ1n) is 7.85. The molecule has 6 nitrogen and oxygen atoms in total. The molecule has 1 unspecified atom stereocenters. The van der Waals surface area contributed by atoms with Crippen LogP contribution in [0.1, 0.15) is 19.3 Å². The average molecular weight is 292 g/mol. The van der Waals surface area contributed by atoms with Crippen LogP contribution >= 0.6 is 0 Å². The molecule has 2 aliphatic heterocycles. The van der Waals surface area contributed by atoms with Crippen LogP contribution in [0.25, 0.3) is 0 Å². The van der Waals surface area contributed by atoms with Crippen molar-refractivity contribution in [3.63, 3.8) is 0 Å². The molecular formula is C15H24N4O2. The van der Waals surface area contributed by atoms with Crippen LogP contribution in [-0.4, -0.2) is 66.5 Å². The van der Waals surface area contributed by atoms with Crippen molar-refractivity contribution in [3.05, 3.63) is 18.5 Å². The Kier molecular flexibility index (Phi) is 5.37. The van der Waals surface area contributed by atoms with Crippen LogP contribution in [-0.2, 0) is 9.47 Å². The minimum absolute atomic E-state index is 0.396. The normalized spacial score (nSPS) is 24.3. The fourth-order valence-electron chi connectivity index (χ4n) is 2.90. The maximum Gasteiger partial charge on any atom is 0.222 e. The Morgan fingerprint density at radius 1 is 1.24 bits per heavy atom. The Morgan fingerprint density at radius 3 is 2.86 bits per heavy atom. The Morgan fingerprint density at radius 2 is 2.05 bits per heavy atom. The fourth-order valence-corrected chi connectivity index (χ4v) is 2.90. The number of anilines is 1. The highest BCUT2D eigenvalue weighted by Crippen LogP contribution is 2.14. The molecule has 6 heteroatoms. The zero-order chi connectivity index (χ0) is 14.3. The number of nitrogens with one attached hydrogen (secondary N) is 1. The third-order valence-corrected chi connectivity index (χ3v) is 4.10. The summed E-state index contributed by atoms with van der Waals surface area (Å²) in [6, 6.07) is 2.27. The van der Waals surface area contributed by atoms with Crippen molar-refractivity contribution >= 4 is 5.95 Å². The Hall–Kier alpha value is -1.24. The fraction of sp³-hybridized carbons (Fsp3) is 0.733. The summed E-state index contributed by atoms with van der Waals surface area (Å²) in [5.41, 5.74) is 0. The maximum atomic E-state index is 5.93. The second kappa shape index (κ2) is 7.68. The number of ether oxygens (including phenoxy) is 2. The summed E-state index contributed by atoms with van der Waals surface area (Å²) >= 11 is 0. The highest BCUT2D eigenvalue weighted by Gasteiger charge is 2.23. The predicted octanol–water partition coefficient (Wildman–Crippen LogP) is 1.16. The molecule has 0 saturated carbocycles. The van der Waals surface area contributed by atoms with E-state index in [1.165, 1.54) is 0 Å². The van der Waals surface area contributed by atoms with Gasteiger partial charge in [0, 0.05) is 51.3 Å². The van der Waals surface area contributed by atoms with Crippen molar-refractivity contribution in [2.75, 3.05) is 44.8 Å². The van der Waals surface area contributed by atoms with E-state index in [4.69, 9.17) is 9.47 Å². The first kappa shape index (κ1) is 14.7. The van der Waals surface area contributed by atoms with Crippen molar-refractivity contribution in [2.45, 2.75) is 31.4 Å². The SMILES string of the molecule is c1cnc(NC2CCN(CCOC3CCOCC3)C2)nc1. The van der Waals surface area contributed by atoms with E-state index < -0.39 is 0 Å². The Balaban J connectivity index is 1.33. The van der Waals surface area contributed by atoms with Gasteiger partial charge in [0.2, 0.25) is 5.95 Å². The molecule has 21 heavy (non-hydrogen) atoms. The molecule has 116 valence electrons. The van der Waals surface area contributed by atoms with Crippen molar-refractivity contribution in [1.29, 1.82) is 0 Å². The molecule has 2 fully saturated rings. The summed E-state index contributed by atoms with van der Waals surface area (Å²) in [5.74, 6) is 0.725. The van der Waals surface area contributed by atoms with E-state index in [1.807, 2.05) is 6.07 Å². The summed E-state index contributed by atoms with van der Waals surface area (Å²) in [7, 11) is 0. The van der Waals surface area contributed by atoms with Crippen LogP contribution in [0.5, 0.6) is 0 Å². The Bertz CT molecular complexity index is 411. The number of rotatable bonds is 6. The minimum atomic E-state index is 0.396. The molecule has 0 spiro atoms.